The minimum absolute atomic E-state index is 0. The average molecular weight is 555 g/mol. The number of hydrogen-bond donors (Lipinski definition) is 2. The van der Waals surface area contributed by atoms with Gasteiger partial charge in [0.1, 0.15) is 30.2 Å². The number of benzene rings is 4. The Morgan fingerprint density at radius 2 is 1.27 bits per heavy atom. The molecule has 0 aliphatic rings. The van der Waals surface area contributed by atoms with Crippen molar-refractivity contribution in [2.24, 2.45) is 5.92 Å². The number of halogens is 1. The molecule has 0 radical (unpaired) electrons. The molecule has 1 heterocycles. The van der Waals surface area contributed by atoms with E-state index in [2.05, 4.69) is 24.3 Å². The van der Waals surface area contributed by atoms with Gasteiger partial charge in [0.15, 0.2) is 0 Å². The second-order valence-electron chi connectivity index (χ2n) is 10.0. The Kier molecular flexibility index (Phi) is 9.54. The summed E-state index contributed by atoms with van der Waals surface area (Å²) in [5, 5.41) is 11.9. The Labute approximate surface area is 240 Å². The van der Waals surface area contributed by atoms with Gasteiger partial charge < -0.3 is 14.4 Å². The van der Waals surface area contributed by atoms with Gasteiger partial charge in [0, 0.05) is 17.0 Å². The number of carbonyl (C=O) groups is 1. The third kappa shape index (κ3) is 6.50. The molecule has 2 atom stereocenters. The van der Waals surface area contributed by atoms with Gasteiger partial charge in [0.2, 0.25) is 0 Å². The second kappa shape index (κ2) is 13.2. The van der Waals surface area contributed by atoms with E-state index >= 15 is 0 Å². The fourth-order valence-corrected chi connectivity index (χ4v) is 5.47. The van der Waals surface area contributed by atoms with Crippen molar-refractivity contribution in [1.82, 2.24) is 0 Å². The van der Waals surface area contributed by atoms with Gasteiger partial charge in [-0.3, -0.25) is 4.79 Å². The molecule has 0 spiro atoms. The number of hydrogen-bond acceptors (Lipinski definition) is 4. The van der Waals surface area contributed by atoms with Gasteiger partial charge in [-0.2, -0.15) is 0 Å². The Hall–Kier alpha value is -4.19. The predicted molar refractivity (Wildman–Crippen MR) is 160 cm³/mol. The number of Topliss-reactive ketones (excluding diaryl/α,β-unsaturated/α-hetero) is 1. The largest absolute Gasteiger partial charge is 0.507 e. The summed E-state index contributed by atoms with van der Waals surface area (Å²) in [7, 11) is 0. The van der Waals surface area contributed by atoms with Crippen LogP contribution in [0, 0.1) is 5.92 Å². The van der Waals surface area contributed by atoms with Crippen molar-refractivity contribution in [2.45, 2.75) is 25.9 Å². The van der Waals surface area contributed by atoms with E-state index in [1.54, 1.807) is 31.2 Å². The molecule has 5 aromatic rings. The number of carbonyl (C=O) groups excluding carboxylic acids is 1. The molecule has 0 amide bonds. The zero-order chi connectivity index (χ0) is 27.2. The van der Waals surface area contributed by atoms with Crippen LogP contribution in [0.1, 0.15) is 35.1 Å². The van der Waals surface area contributed by atoms with Gasteiger partial charge in [0.05, 0.1) is 23.4 Å². The Balaban J connectivity index is 0.00000370. The van der Waals surface area contributed by atoms with Crippen LogP contribution in [-0.4, -0.2) is 17.4 Å². The molecule has 5 rings (SSSR count). The van der Waals surface area contributed by atoms with Crippen molar-refractivity contribution >= 4 is 29.2 Å². The molecular weight excluding hydrogens is 522 g/mol. The van der Waals surface area contributed by atoms with Gasteiger partial charge in [-0.25, -0.2) is 4.79 Å². The fraction of sp³-hybridized carbons (Fsp3) is 0.176. The lowest BCUT2D eigenvalue weighted by molar-refractivity contribution is -0.930. The molecule has 0 fully saturated rings. The highest BCUT2D eigenvalue weighted by molar-refractivity contribution is 5.86. The number of nitrogens with one attached hydrogen (secondary N) is 1. The normalized spacial score (nSPS) is 12.6. The van der Waals surface area contributed by atoms with Crippen molar-refractivity contribution in [1.29, 1.82) is 0 Å². The molecule has 4 aromatic carbocycles. The minimum atomic E-state index is -0.675. The van der Waals surface area contributed by atoms with E-state index in [0.29, 0.717) is 30.6 Å². The van der Waals surface area contributed by atoms with Gasteiger partial charge in [0.25, 0.3) is 0 Å². The van der Waals surface area contributed by atoms with Crippen LogP contribution in [0.4, 0.5) is 0 Å². The first-order valence-electron chi connectivity index (χ1n) is 13.2. The predicted octanol–water partition coefficient (Wildman–Crippen LogP) is 5.54. The summed E-state index contributed by atoms with van der Waals surface area (Å²) >= 11 is 0. The van der Waals surface area contributed by atoms with Crippen LogP contribution in [0.15, 0.2) is 124 Å². The van der Waals surface area contributed by atoms with Crippen LogP contribution in [0.2, 0.25) is 0 Å². The zero-order valence-electron chi connectivity index (χ0n) is 22.3. The molecular formula is C34H33ClNO4+. The quantitative estimate of drug-likeness (QED) is 0.222. The molecule has 0 saturated carbocycles. The molecule has 40 heavy (non-hydrogen) atoms. The summed E-state index contributed by atoms with van der Waals surface area (Å²) in [5.74, 6) is -1.43. The van der Waals surface area contributed by atoms with E-state index < -0.39 is 17.5 Å². The van der Waals surface area contributed by atoms with Crippen molar-refractivity contribution in [3.8, 4) is 5.75 Å². The molecule has 204 valence electrons. The summed E-state index contributed by atoms with van der Waals surface area (Å²) in [6, 6.07) is 36.8. The summed E-state index contributed by atoms with van der Waals surface area (Å²) in [6.45, 7) is 3.45. The number of fused-ring (bicyclic) bond motifs is 1. The van der Waals surface area contributed by atoms with Gasteiger partial charge in [-0.05, 0) is 24.6 Å². The number of rotatable bonds is 10. The van der Waals surface area contributed by atoms with Crippen molar-refractivity contribution in [3.05, 3.63) is 148 Å². The van der Waals surface area contributed by atoms with Crippen LogP contribution in [-0.2, 0) is 17.9 Å². The molecule has 2 N–H and O–H groups in total. The van der Waals surface area contributed by atoms with Crippen LogP contribution >= 0.6 is 12.4 Å². The first-order valence-corrected chi connectivity index (χ1v) is 13.2. The zero-order valence-corrected chi connectivity index (χ0v) is 23.1. The maximum absolute atomic E-state index is 13.4. The highest BCUT2D eigenvalue weighted by atomic mass is 35.5. The molecule has 0 aliphatic carbocycles. The number of ketones is 1. The minimum Gasteiger partial charge on any atom is -0.507 e. The first kappa shape index (κ1) is 28.8. The Bertz CT molecular complexity index is 1560. The third-order valence-corrected chi connectivity index (χ3v) is 7.32. The first-order chi connectivity index (χ1) is 19.0. The summed E-state index contributed by atoms with van der Waals surface area (Å²) in [4.78, 5) is 28.0. The van der Waals surface area contributed by atoms with E-state index in [1.807, 2.05) is 66.7 Å². The van der Waals surface area contributed by atoms with E-state index in [1.165, 1.54) is 4.90 Å². The second-order valence-corrected chi connectivity index (χ2v) is 10.0. The summed E-state index contributed by atoms with van der Waals surface area (Å²) in [6.07, 6.45) is 0. The molecule has 0 bridgehead atoms. The number of para-hydroxylation sites is 1. The number of aromatic hydroxyl groups is 1. The standard InChI is InChI=1S/C34H31NO4.ClH/c1-24(36)29(23-35(21-25-13-5-2-6-14-25)22-26-15-7-3-8-16-26)31(27-17-9-4-10-18-27)32-33(37)28-19-11-12-20-30(28)39-34(32)38;/h2-20,29,31,37H,21-23H2,1H3;1H/p+1. The van der Waals surface area contributed by atoms with E-state index in [4.69, 9.17) is 4.42 Å². The maximum atomic E-state index is 13.4. The van der Waals surface area contributed by atoms with Crippen LogP contribution < -0.4 is 10.5 Å². The molecule has 2 unspecified atom stereocenters. The Morgan fingerprint density at radius 3 is 1.82 bits per heavy atom. The smallest absolute Gasteiger partial charge is 0.343 e. The highest BCUT2D eigenvalue weighted by Gasteiger charge is 2.37. The van der Waals surface area contributed by atoms with E-state index in [0.717, 1.165) is 16.7 Å². The lowest BCUT2D eigenvalue weighted by atomic mass is 9.78. The molecule has 5 nitrogen and oxygen atoms in total. The van der Waals surface area contributed by atoms with E-state index in [-0.39, 0.29) is 29.5 Å². The molecule has 6 heteroatoms. The summed E-state index contributed by atoms with van der Waals surface area (Å²) < 4.78 is 5.67. The fourth-order valence-electron chi connectivity index (χ4n) is 5.47. The average Bonchev–Trinajstić information content (AvgIpc) is 2.95. The van der Waals surface area contributed by atoms with Crippen molar-refractivity contribution in [2.75, 3.05) is 6.54 Å². The maximum Gasteiger partial charge on any atom is 0.343 e. The highest BCUT2D eigenvalue weighted by Crippen LogP contribution is 2.38. The monoisotopic (exact) mass is 554 g/mol. The van der Waals surface area contributed by atoms with Gasteiger partial charge in [-0.1, -0.05) is 103 Å². The number of quaternary nitrogens is 1. The lowest BCUT2D eigenvalue weighted by Gasteiger charge is -2.30. The van der Waals surface area contributed by atoms with Gasteiger partial charge in [-0.15, -0.1) is 12.4 Å². The van der Waals surface area contributed by atoms with Crippen molar-refractivity contribution in [3.63, 3.8) is 0 Å². The van der Waals surface area contributed by atoms with Crippen LogP contribution in [0.5, 0.6) is 5.75 Å². The summed E-state index contributed by atoms with van der Waals surface area (Å²) in [5.41, 5.74) is 2.92. The van der Waals surface area contributed by atoms with Gasteiger partial charge >= 0.3 is 5.63 Å². The molecule has 0 saturated heterocycles. The van der Waals surface area contributed by atoms with E-state index in [9.17, 15) is 14.7 Å². The lowest BCUT2D eigenvalue weighted by Crippen LogP contribution is -3.10. The SMILES string of the molecule is CC(=O)C(C[NH+](Cc1ccccc1)Cc1ccccc1)C(c1ccccc1)c1c(O)c2ccccc2oc1=O.Cl. The topological polar surface area (TPSA) is 72.0 Å². The van der Waals surface area contributed by atoms with Crippen LogP contribution in [0.3, 0.4) is 0 Å². The van der Waals surface area contributed by atoms with Crippen LogP contribution in [0.25, 0.3) is 11.0 Å². The molecule has 1 aromatic heterocycles. The third-order valence-electron chi connectivity index (χ3n) is 7.32. The Morgan fingerprint density at radius 1 is 0.775 bits per heavy atom. The molecule has 0 aliphatic heterocycles. The van der Waals surface area contributed by atoms with Crippen molar-refractivity contribution < 1.29 is 19.2 Å².